The predicted octanol–water partition coefficient (Wildman–Crippen LogP) is 22.9. The zero-order valence-electron chi connectivity index (χ0n) is 52.0. The molecule has 1 atom stereocenters. The third-order valence-corrected chi connectivity index (χ3v) is 13.9. The van der Waals surface area contributed by atoms with Gasteiger partial charge in [-0.3, -0.25) is 14.4 Å². The largest absolute Gasteiger partial charge is 0.462 e. The first kappa shape index (κ1) is 75.5. The Kier molecular flexibility index (Phi) is 63.3. The topological polar surface area (TPSA) is 78.9 Å². The van der Waals surface area contributed by atoms with Gasteiger partial charge in [-0.05, 0) is 141 Å². The average molecular weight is 1110 g/mol. The van der Waals surface area contributed by atoms with Crippen molar-refractivity contribution < 1.29 is 28.6 Å². The molecule has 0 aliphatic heterocycles. The minimum absolute atomic E-state index is 0.0969. The minimum atomic E-state index is -0.803. The lowest BCUT2D eigenvalue weighted by molar-refractivity contribution is -0.167. The van der Waals surface area contributed by atoms with Crippen molar-refractivity contribution in [3.05, 3.63) is 134 Å². The van der Waals surface area contributed by atoms with Crippen molar-refractivity contribution in [3.8, 4) is 0 Å². The Morgan fingerprint density at radius 2 is 0.487 bits per heavy atom. The van der Waals surface area contributed by atoms with Crippen LogP contribution in [0.25, 0.3) is 0 Å². The summed E-state index contributed by atoms with van der Waals surface area (Å²) in [5.41, 5.74) is 0. The summed E-state index contributed by atoms with van der Waals surface area (Å²) >= 11 is 0. The van der Waals surface area contributed by atoms with Gasteiger partial charge in [0.2, 0.25) is 0 Å². The zero-order valence-corrected chi connectivity index (χ0v) is 52.0. The Bertz CT molecular complexity index is 1700. The van der Waals surface area contributed by atoms with Crippen molar-refractivity contribution in [2.45, 2.75) is 303 Å². The molecule has 80 heavy (non-hydrogen) atoms. The fourth-order valence-electron chi connectivity index (χ4n) is 8.89. The van der Waals surface area contributed by atoms with Crippen LogP contribution in [-0.4, -0.2) is 37.2 Å². The van der Waals surface area contributed by atoms with Crippen LogP contribution >= 0.6 is 0 Å². The van der Waals surface area contributed by atoms with E-state index in [0.29, 0.717) is 19.3 Å². The summed E-state index contributed by atoms with van der Waals surface area (Å²) in [6.07, 6.45) is 94.6. The molecule has 0 radical (unpaired) electrons. The third kappa shape index (κ3) is 64.4. The molecule has 0 fully saturated rings. The Hall–Kier alpha value is -4.45. The Morgan fingerprint density at radius 1 is 0.263 bits per heavy atom. The molecule has 0 N–H and O–H groups in total. The van der Waals surface area contributed by atoms with Crippen LogP contribution in [0.2, 0.25) is 0 Å². The van der Waals surface area contributed by atoms with Gasteiger partial charge in [0.25, 0.3) is 0 Å². The maximum Gasteiger partial charge on any atom is 0.306 e. The van der Waals surface area contributed by atoms with Crippen molar-refractivity contribution in [1.82, 2.24) is 0 Å². The second-order valence-corrected chi connectivity index (χ2v) is 21.6. The highest BCUT2D eigenvalue weighted by Gasteiger charge is 2.19. The van der Waals surface area contributed by atoms with Gasteiger partial charge in [0, 0.05) is 19.3 Å². The van der Waals surface area contributed by atoms with Crippen molar-refractivity contribution >= 4 is 17.9 Å². The van der Waals surface area contributed by atoms with Crippen LogP contribution in [0.1, 0.15) is 297 Å². The quantitative estimate of drug-likeness (QED) is 0.0261. The van der Waals surface area contributed by atoms with Gasteiger partial charge in [-0.15, -0.1) is 0 Å². The average Bonchev–Trinajstić information content (AvgIpc) is 3.46. The molecule has 0 aliphatic carbocycles. The van der Waals surface area contributed by atoms with E-state index < -0.39 is 6.10 Å². The van der Waals surface area contributed by atoms with Gasteiger partial charge in [0.1, 0.15) is 13.2 Å². The van der Waals surface area contributed by atoms with Gasteiger partial charge in [-0.25, -0.2) is 0 Å². The molecule has 1 unspecified atom stereocenters. The van der Waals surface area contributed by atoms with E-state index >= 15 is 0 Å². The molecule has 0 aromatic heterocycles. The maximum absolute atomic E-state index is 12.9. The molecule has 0 rings (SSSR count). The van der Waals surface area contributed by atoms with Gasteiger partial charge < -0.3 is 14.2 Å². The van der Waals surface area contributed by atoms with Crippen LogP contribution in [0.5, 0.6) is 0 Å². The van der Waals surface area contributed by atoms with E-state index in [9.17, 15) is 14.4 Å². The smallest absolute Gasteiger partial charge is 0.306 e. The van der Waals surface area contributed by atoms with E-state index in [1.165, 1.54) is 122 Å². The van der Waals surface area contributed by atoms with E-state index in [4.69, 9.17) is 14.2 Å². The second-order valence-electron chi connectivity index (χ2n) is 21.6. The molecular formula is C74H122O6. The lowest BCUT2D eigenvalue weighted by Crippen LogP contribution is -2.30. The van der Waals surface area contributed by atoms with E-state index in [2.05, 4.69) is 154 Å². The fraction of sp³-hybridized carbons (Fsp3) is 0.662. The predicted molar refractivity (Wildman–Crippen MR) is 348 cm³/mol. The molecule has 0 bridgehead atoms. The van der Waals surface area contributed by atoms with E-state index in [1.807, 2.05) is 0 Å². The highest BCUT2D eigenvalue weighted by atomic mass is 16.6. The van der Waals surface area contributed by atoms with Gasteiger partial charge in [0.05, 0.1) is 0 Å². The number of ether oxygens (including phenoxy) is 3. The van der Waals surface area contributed by atoms with Gasteiger partial charge in [-0.1, -0.05) is 270 Å². The molecule has 0 spiro atoms. The number of unbranched alkanes of at least 4 members (excludes halogenated alkanes) is 26. The molecule has 0 aromatic rings. The van der Waals surface area contributed by atoms with Gasteiger partial charge in [0.15, 0.2) is 6.10 Å². The number of rotatable bonds is 59. The summed E-state index contributed by atoms with van der Waals surface area (Å²) < 4.78 is 16.9. The van der Waals surface area contributed by atoms with Crippen LogP contribution in [0.4, 0.5) is 0 Å². The summed E-state index contributed by atoms with van der Waals surface area (Å²) in [5, 5.41) is 0. The summed E-state index contributed by atoms with van der Waals surface area (Å²) in [6, 6.07) is 0. The van der Waals surface area contributed by atoms with Crippen molar-refractivity contribution in [2.75, 3.05) is 13.2 Å². The van der Waals surface area contributed by atoms with Crippen molar-refractivity contribution in [2.24, 2.45) is 0 Å². The number of esters is 3. The summed E-state index contributed by atoms with van der Waals surface area (Å²) in [4.78, 5) is 38.3. The first-order valence-electron chi connectivity index (χ1n) is 33.2. The lowest BCUT2D eigenvalue weighted by atomic mass is 10.1. The first-order chi connectivity index (χ1) is 39.5. The molecule has 0 aromatic carbocycles. The van der Waals surface area contributed by atoms with Crippen LogP contribution in [0, 0.1) is 0 Å². The molecule has 0 aliphatic rings. The molecule has 454 valence electrons. The Morgan fingerprint density at radius 3 is 0.787 bits per heavy atom. The van der Waals surface area contributed by atoms with Gasteiger partial charge >= 0.3 is 17.9 Å². The van der Waals surface area contributed by atoms with Crippen molar-refractivity contribution in [1.29, 1.82) is 0 Å². The van der Waals surface area contributed by atoms with Crippen molar-refractivity contribution in [3.63, 3.8) is 0 Å². The number of allylic oxidation sites excluding steroid dienone is 22. The molecule has 6 nitrogen and oxygen atoms in total. The zero-order chi connectivity index (χ0) is 57.8. The summed E-state index contributed by atoms with van der Waals surface area (Å²) in [6.45, 7) is 6.49. The van der Waals surface area contributed by atoms with Crippen LogP contribution in [0.3, 0.4) is 0 Å². The Balaban J connectivity index is 4.40. The molecule has 0 heterocycles. The number of carbonyl (C=O) groups excluding carboxylic acids is 3. The van der Waals surface area contributed by atoms with E-state index in [1.54, 1.807) is 0 Å². The minimum Gasteiger partial charge on any atom is -0.462 e. The van der Waals surface area contributed by atoms with E-state index in [0.717, 1.165) is 135 Å². The number of hydrogen-bond donors (Lipinski definition) is 0. The molecule has 0 saturated carbocycles. The maximum atomic E-state index is 12.9. The fourth-order valence-corrected chi connectivity index (χ4v) is 8.89. The number of hydrogen-bond acceptors (Lipinski definition) is 6. The lowest BCUT2D eigenvalue weighted by Gasteiger charge is -2.18. The standard InChI is InChI=1S/C74H122O6/c1-4-7-10-13-16-19-22-25-28-30-31-32-33-34-35-36-37-38-39-40-41-42-43-45-46-49-52-55-58-61-64-67-73(76)79-70-71(69-78-72(75)66-63-60-57-54-51-48-27-24-21-18-15-12-9-6-3)80-74(77)68-65-62-59-56-53-50-47-44-29-26-23-20-17-14-11-8-5-2/h7,10,16,19,24-29,31-32,34-35,37-38,40-41,43,45,49,52,71H,4-6,8-9,11-15,17-18,20-23,30,33,36,39,42,44,46-48,50-51,53-70H2,1-3H3/b10-7-,19-16-,27-24-,28-25-,29-26-,32-31-,35-34-,38-37-,41-40-,45-43-,52-49-. The highest BCUT2D eigenvalue weighted by molar-refractivity contribution is 5.71. The summed E-state index contributed by atoms with van der Waals surface area (Å²) in [7, 11) is 0. The summed E-state index contributed by atoms with van der Waals surface area (Å²) in [5.74, 6) is -0.940. The Labute approximate surface area is 494 Å². The number of carbonyl (C=O) groups is 3. The first-order valence-corrected chi connectivity index (χ1v) is 33.2. The van der Waals surface area contributed by atoms with Gasteiger partial charge in [-0.2, -0.15) is 0 Å². The monoisotopic (exact) mass is 1110 g/mol. The molecule has 0 saturated heterocycles. The molecule has 0 amide bonds. The molecular weight excluding hydrogens is 985 g/mol. The highest BCUT2D eigenvalue weighted by Crippen LogP contribution is 2.15. The van der Waals surface area contributed by atoms with Crippen LogP contribution < -0.4 is 0 Å². The normalized spacial score (nSPS) is 13.0. The third-order valence-electron chi connectivity index (χ3n) is 13.9. The SMILES string of the molecule is CC/C=C\C/C=C\C/C=C\C/C=C\C/C=C\C/C=C\C/C=C\C/C=C\C/C=C\CCCCCC(=O)OCC(COC(=O)CCCCCCC/C=C\CCCCCCC)OC(=O)CCCCCCCCC/C=C\CCCCCCCC. The second kappa shape index (κ2) is 67.1. The molecule has 6 heteroatoms. The van der Waals surface area contributed by atoms with Crippen LogP contribution in [0.15, 0.2) is 134 Å². The van der Waals surface area contributed by atoms with Crippen LogP contribution in [-0.2, 0) is 28.6 Å². The van der Waals surface area contributed by atoms with E-state index in [-0.39, 0.29) is 31.1 Å².